The number of nitrogens with one attached hydrogen (secondary N) is 2. The van der Waals surface area contributed by atoms with Crippen LogP contribution in [-0.2, 0) is 4.79 Å². The standard InChI is InChI=1S/C12H24N2O/c1-3-10(4-2)9-14-12(15)7-8-13-11-5-6-11/h10-11,13H,3-9H2,1-2H3,(H,14,15). The molecule has 0 radical (unpaired) electrons. The lowest BCUT2D eigenvalue weighted by Crippen LogP contribution is -2.31. The highest BCUT2D eigenvalue weighted by molar-refractivity contribution is 5.76. The quantitative estimate of drug-likeness (QED) is 0.643. The average molecular weight is 212 g/mol. The molecule has 0 heterocycles. The van der Waals surface area contributed by atoms with Crippen LogP contribution in [0.25, 0.3) is 0 Å². The van der Waals surface area contributed by atoms with Gasteiger partial charge in [0.2, 0.25) is 5.91 Å². The molecular weight excluding hydrogens is 188 g/mol. The van der Waals surface area contributed by atoms with Crippen LogP contribution in [0.5, 0.6) is 0 Å². The van der Waals surface area contributed by atoms with E-state index in [9.17, 15) is 4.79 Å². The topological polar surface area (TPSA) is 41.1 Å². The lowest BCUT2D eigenvalue weighted by molar-refractivity contribution is -0.121. The summed E-state index contributed by atoms with van der Waals surface area (Å²) in [5, 5.41) is 6.34. The van der Waals surface area contributed by atoms with Crippen LogP contribution < -0.4 is 10.6 Å². The Labute approximate surface area is 93.0 Å². The van der Waals surface area contributed by atoms with Gasteiger partial charge in [0.15, 0.2) is 0 Å². The van der Waals surface area contributed by atoms with Crippen molar-refractivity contribution in [3.05, 3.63) is 0 Å². The summed E-state index contributed by atoms with van der Waals surface area (Å²) >= 11 is 0. The Morgan fingerprint density at radius 2 is 2.00 bits per heavy atom. The van der Waals surface area contributed by atoms with E-state index in [4.69, 9.17) is 0 Å². The Balaban J connectivity index is 1.96. The third kappa shape index (κ3) is 5.78. The van der Waals surface area contributed by atoms with Crippen molar-refractivity contribution >= 4 is 5.91 Å². The number of carbonyl (C=O) groups is 1. The van der Waals surface area contributed by atoms with Crippen molar-refractivity contribution in [1.29, 1.82) is 0 Å². The maximum atomic E-state index is 11.4. The first-order valence-corrected chi connectivity index (χ1v) is 6.26. The van der Waals surface area contributed by atoms with Gasteiger partial charge in [0.05, 0.1) is 0 Å². The maximum absolute atomic E-state index is 11.4. The second kappa shape index (κ2) is 6.83. The molecule has 88 valence electrons. The van der Waals surface area contributed by atoms with E-state index in [1.54, 1.807) is 0 Å². The van der Waals surface area contributed by atoms with E-state index in [1.165, 1.54) is 12.8 Å². The molecule has 0 spiro atoms. The Morgan fingerprint density at radius 3 is 2.53 bits per heavy atom. The van der Waals surface area contributed by atoms with E-state index in [2.05, 4.69) is 24.5 Å². The first-order valence-electron chi connectivity index (χ1n) is 6.26. The third-order valence-electron chi connectivity index (χ3n) is 3.11. The molecule has 0 aromatic heterocycles. The molecule has 1 fully saturated rings. The van der Waals surface area contributed by atoms with Crippen molar-refractivity contribution in [2.24, 2.45) is 5.92 Å². The zero-order chi connectivity index (χ0) is 11.1. The highest BCUT2D eigenvalue weighted by Crippen LogP contribution is 2.18. The van der Waals surface area contributed by atoms with Gasteiger partial charge in [-0.2, -0.15) is 0 Å². The molecule has 0 aromatic carbocycles. The van der Waals surface area contributed by atoms with Crippen LogP contribution in [0.3, 0.4) is 0 Å². The summed E-state index contributed by atoms with van der Waals surface area (Å²) in [6, 6.07) is 0.705. The second-order valence-electron chi connectivity index (χ2n) is 4.46. The Kier molecular flexibility index (Phi) is 5.69. The number of carbonyl (C=O) groups excluding carboxylic acids is 1. The number of hydrogen-bond acceptors (Lipinski definition) is 2. The van der Waals surface area contributed by atoms with Gasteiger partial charge in [0, 0.05) is 25.6 Å². The van der Waals surface area contributed by atoms with Crippen molar-refractivity contribution in [3.8, 4) is 0 Å². The molecule has 2 N–H and O–H groups in total. The first kappa shape index (κ1) is 12.5. The second-order valence-corrected chi connectivity index (χ2v) is 4.46. The summed E-state index contributed by atoms with van der Waals surface area (Å²) in [6.45, 7) is 6.03. The van der Waals surface area contributed by atoms with Crippen molar-refractivity contribution in [2.45, 2.75) is 52.0 Å². The molecule has 3 nitrogen and oxygen atoms in total. The summed E-state index contributed by atoms with van der Waals surface area (Å²) in [7, 11) is 0. The van der Waals surface area contributed by atoms with Gasteiger partial charge >= 0.3 is 0 Å². The molecule has 1 rings (SSSR count). The molecule has 3 heteroatoms. The first-order chi connectivity index (χ1) is 7.26. The molecule has 15 heavy (non-hydrogen) atoms. The molecule has 1 aliphatic rings. The van der Waals surface area contributed by atoms with Gasteiger partial charge in [0.25, 0.3) is 0 Å². The van der Waals surface area contributed by atoms with Gasteiger partial charge in [-0.15, -0.1) is 0 Å². The lowest BCUT2D eigenvalue weighted by atomic mass is 10.0. The van der Waals surface area contributed by atoms with Crippen LogP contribution in [0.4, 0.5) is 0 Å². The fraction of sp³-hybridized carbons (Fsp3) is 0.917. The molecule has 0 bridgehead atoms. The molecule has 0 aliphatic heterocycles. The van der Waals surface area contributed by atoms with E-state index < -0.39 is 0 Å². The van der Waals surface area contributed by atoms with Crippen LogP contribution in [0, 0.1) is 5.92 Å². The minimum atomic E-state index is 0.190. The largest absolute Gasteiger partial charge is 0.356 e. The Bertz CT molecular complexity index is 186. The molecule has 0 unspecified atom stereocenters. The van der Waals surface area contributed by atoms with Gasteiger partial charge in [-0.3, -0.25) is 4.79 Å². The number of hydrogen-bond donors (Lipinski definition) is 2. The van der Waals surface area contributed by atoms with E-state index in [0.717, 1.165) is 25.9 Å². The molecular formula is C12H24N2O. The summed E-state index contributed by atoms with van der Waals surface area (Å²) < 4.78 is 0. The average Bonchev–Trinajstić information content (AvgIpc) is 3.03. The highest BCUT2D eigenvalue weighted by atomic mass is 16.1. The monoisotopic (exact) mass is 212 g/mol. The minimum absolute atomic E-state index is 0.190. The van der Waals surface area contributed by atoms with E-state index in [-0.39, 0.29) is 5.91 Å². The molecule has 1 aliphatic carbocycles. The van der Waals surface area contributed by atoms with Crippen LogP contribution in [0.1, 0.15) is 46.0 Å². The van der Waals surface area contributed by atoms with Crippen LogP contribution >= 0.6 is 0 Å². The Hall–Kier alpha value is -0.570. The maximum Gasteiger partial charge on any atom is 0.221 e. The SMILES string of the molecule is CCC(CC)CNC(=O)CCNC1CC1. The van der Waals surface area contributed by atoms with Gasteiger partial charge in [0.1, 0.15) is 0 Å². The van der Waals surface area contributed by atoms with E-state index >= 15 is 0 Å². The van der Waals surface area contributed by atoms with Crippen LogP contribution in [-0.4, -0.2) is 25.0 Å². The van der Waals surface area contributed by atoms with Gasteiger partial charge in [-0.25, -0.2) is 0 Å². The molecule has 0 aromatic rings. The van der Waals surface area contributed by atoms with E-state index in [1.807, 2.05) is 0 Å². The summed E-state index contributed by atoms with van der Waals surface area (Å²) in [5.41, 5.74) is 0. The van der Waals surface area contributed by atoms with Crippen molar-refractivity contribution < 1.29 is 4.79 Å². The molecule has 0 saturated heterocycles. The van der Waals surface area contributed by atoms with Gasteiger partial charge in [-0.05, 0) is 18.8 Å². The van der Waals surface area contributed by atoms with Gasteiger partial charge < -0.3 is 10.6 Å². The summed E-state index contributed by atoms with van der Waals surface area (Å²) in [6.07, 6.45) is 5.50. The predicted octanol–water partition coefficient (Wildman–Crippen LogP) is 1.68. The van der Waals surface area contributed by atoms with E-state index in [0.29, 0.717) is 18.4 Å². The number of rotatable bonds is 8. The third-order valence-corrected chi connectivity index (χ3v) is 3.11. The highest BCUT2D eigenvalue weighted by Gasteiger charge is 2.20. The fourth-order valence-corrected chi connectivity index (χ4v) is 1.60. The van der Waals surface area contributed by atoms with Crippen molar-refractivity contribution in [3.63, 3.8) is 0 Å². The zero-order valence-electron chi connectivity index (χ0n) is 10.0. The minimum Gasteiger partial charge on any atom is -0.356 e. The Morgan fingerprint density at radius 1 is 1.33 bits per heavy atom. The van der Waals surface area contributed by atoms with Crippen molar-refractivity contribution in [2.75, 3.05) is 13.1 Å². The smallest absolute Gasteiger partial charge is 0.221 e. The molecule has 0 atom stereocenters. The van der Waals surface area contributed by atoms with Crippen LogP contribution in [0.15, 0.2) is 0 Å². The van der Waals surface area contributed by atoms with Crippen molar-refractivity contribution in [1.82, 2.24) is 10.6 Å². The van der Waals surface area contributed by atoms with Crippen LogP contribution in [0.2, 0.25) is 0 Å². The fourth-order valence-electron chi connectivity index (χ4n) is 1.60. The van der Waals surface area contributed by atoms with Gasteiger partial charge in [-0.1, -0.05) is 26.7 Å². The molecule has 1 saturated carbocycles. The predicted molar refractivity (Wildman–Crippen MR) is 62.7 cm³/mol. The molecule has 1 amide bonds. The zero-order valence-corrected chi connectivity index (χ0v) is 10.0. The summed E-state index contributed by atoms with van der Waals surface area (Å²) in [5.74, 6) is 0.834. The summed E-state index contributed by atoms with van der Waals surface area (Å²) in [4.78, 5) is 11.4. The normalized spacial score (nSPS) is 15.7. The number of amides is 1. The lowest BCUT2D eigenvalue weighted by Gasteiger charge is -2.13.